The van der Waals surface area contributed by atoms with Crippen LogP contribution >= 0.6 is 0 Å². The average molecular weight is 2000 g/mol. The molecule has 145 heavy (non-hydrogen) atoms. The Morgan fingerprint density at radius 3 is 1.37 bits per heavy atom. The first-order chi connectivity index (χ1) is 68.0. The Morgan fingerprint density at radius 1 is 0.221 bits per heavy atom. The molecule has 0 radical (unpaired) electrons. The van der Waals surface area contributed by atoms with E-state index in [9.17, 15) is 0 Å². The maximum absolute atomic E-state index is 3.31. The van der Waals surface area contributed by atoms with E-state index in [0.29, 0.717) is 78.8 Å². The highest BCUT2D eigenvalue weighted by atomic mass is 15.1. The van der Waals surface area contributed by atoms with Crippen molar-refractivity contribution >= 4 is 0 Å². The van der Waals surface area contributed by atoms with Crippen molar-refractivity contribution in [3.05, 3.63) is 0 Å². The highest BCUT2D eigenvalue weighted by Crippen LogP contribution is 3.08. The quantitative estimate of drug-likeness (QED) is 0.227. The minimum Gasteiger partial charge on any atom is -0.0622 e. The maximum Gasteiger partial charge on any atom is -0.0128 e. The molecular weight excluding hydrogens is 1740 g/mol. The van der Waals surface area contributed by atoms with Crippen LogP contribution in [0.15, 0.2) is 0 Å². The van der Waals surface area contributed by atoms with E-state index in [0.717, 1.165) is 213 Å². The molecule has 0 nitrogen and oxygen atoms in total. The Hall–Kier alpha value is 0. The van der Waals surface area contributed by atoms with Gasteiger partial charge in [0.2, 0.25) is 0 Å². The summed E-state index contributed by atoms with van der Waals surface area (Å²) in [5, 5.41) is 0. The van der Waals surface area contributed by atoms with Crippen LogP contribution < -0.4 is 0 Å². The Bertz CT molecular complexity index is 4480. The van der Waals surface area contributed by atoms with Gasteiger partial charge in [-0.25, -0.2) is 0 Å². The minimum atomic E-state index is 0.189. The third-order valence-electron chi connectivity index (χ3n) is 67.9. The molecule has 0 amide bonds. The molecule has 0 saturated heterocycles. The lowest BCUT2D eigenvalue weighted by Gasteiger charge is -3.04. The molecule has 0 N–H and O–H groups in total. The van der Waals surface area contributed by atoms with Crippen LogP contribution in [0, 0.1) is 341 Å². The molecule has 0 aliphatic heterocycles. The number of rotatable bonds is 0. The fraction of sp³-hybridized carbons (Fsp3) is 1.00. The Kier molecular flexibility index (Phi) is 29.8. The number of fused-ring (bicyclic) bond motifs is 33. The second-order valence-electron chi connectivity index (χ2n) is 68.7. The molecule has 0 aromatic carbocycles. The van der Waals surface area contributed by atoms with Crippen molar-refractivity contribution in [1.82, 2.24) is 0 Å². The third-order valence-corrected chi connectivity index (χ3v) is 67.9. The zero-order valence-electron chi connectivity index (χ0n) is 105. The van der Waals surface area contributed by atoms with E-state index in [1.807, 2.05) is 0 Å². The van der Waals surface area contributed by atoms with E-state index < -0.39 is 0 Å². The highest BCUT2D eigenvalue weighted by Gasteiger charge is 3.03. The highest BCUT2D eigenvalue weighted by molar-refractivity contribution is 5.50. The summed E-state index contributed by atoms with van der Waals surface area (Å²) in [6.07, 6.45) is 71.3. The van der Waals surface area contributed by atoms with Gasteiger partial charge in [0.05, 0.1) is 0 Å². The average Bonchev–Trinajstić information content (AvgIpc) is 0.575. The van der Waals surface area contributed by atoms with Gasteiger partial charge in [-0.05, 0) is 456 Å². The summed E-state index contributed by atoms with van der Waals surface area (Å²) < 4.78 is 0. The first-order valence-corrected chi connectivity index (χ1v) is 68.0. The van der Waals surface area contributed by atoms with Gasteiger partial charge in [-0.3, -0.25) is 0 Å². The summed E-state index contributed by atoms with van der Waals surface area (Å²) in [6.45, 7) is 114. The molecule has 20 bridgehead atoms. The summed E-state index contributed by atoms with van der Waals surface area (Å²) in [5.74, 6) is 34.6. The lowest BCUT2D eigenvalue weighted by Crippen LogP contribution is -3.00. The first kappa shape index (κ1) is 112. The zero-order chi connectivity index (χ0) is 105. The summed E-state index contributed by atoms with van der Waals surface area (Å²) in [6, 6.07) is 0. The van der Waals surface area contributed by atoms with Crippen LogP contribution in [0.25, 0.3) is 0 Å². The first-order valence-electron chi connectivity index (χ1n) is 68.0. The van der Waals surface area contributed by atoms with E-state index in [2.05, 4.69) is 263 Å². The van der Waals surface area contributed by atoms with Crippen molar-refractivity contribution in [2.45, 2.75) is 571 Å². The van der Waals surface area contributed by atoms with E-state index in [4.69, 9.17) is 0 Å². The Morgan fingerprint density at radius 2 is 0.724 bits per heavy atom. The number of hydrogen-bond acceptors (Lipinski definition) is 0. The van der Waals surface area contributed by atoms with Gasteiger partial charge in [-0.1, -0.05) is 456 Å². The van der Waals surface area contributed by atoms with E-state index >= 15 is 0 Å². The van der Waals surface area contributed by atoms with Gasteiger partial charge in [0.25, 0.3) is 0 Å². The fourth-order valence-corrected chi connectivity index (χ4v) is 55.4. The second kappa shape index (κ2) is 38.7. The normalized spacial score (nSPS) is 62.5. The third kappa shape index (κ3) is 14.6. The monoisotopic (exact) mass is 1990 g/mol. The molecule has 59 atom stereocenters. The van der Waals surface area contributed by atoms with Gasteiger partial charge in [-0.2, -0.15) is 0 Å². The number of hydrogen-bond donors (Lipinski definition) is 0. The summed E-state index contributed by atoms with van der Waals surface area (Å²) in [5.41, 5.74) is 5.31. The zero-order valence-corrected chi connectivity index (χ0v) is 105. The molecule has 0 aromatic rings. The molecule has 0 heteroatoms. The van der Waals surface area contributed by atoms with Crippen molar-refractivity contribution in [2.75, 3.05) is 0 Å². The second-order valence-corrected chi connectivity index (χ2v) is 68.7. The molecule has 20 rings (SSSR count). The molecule has 20 aliphatic rings. The molecule has 20 aliphatic carbocycles. The SMILES string of the molecule is CC1C2CCC[C@@H]3CCC[C@H]4C[C@@](C)([C@H](C)C[C@H](C)[C@@](C)(C3)[C@H](C)C[C@H](C)C(C)C2)[C@]2(C)C[C@H]4[C@H]3C[C@]2(C)[C@]2(C)C[C@]34[C@](C)([C@@H](C)[C@@H](C)CC[C@@H](C)[C@@H](C)[C@@H](C)CC[C@H]1C)[C@]1(C)[C@]3(C)[C@H](C)[C@@]5(C)[C@@H]6CCCC[C@@H]7CC[C@H]8CCCCC[C@H]([C@@H](C)[C@@H](C)CCC[C@@H](C)[C@@]8(C)[C@@H](C)CCCCC[C@H]5C)[C@H]5[C@H]8[C@H]9[C@@H]%10[C@H]([C@H]9[C@@]8(C)[C@H]5C)[C@@]5(C)[C@@H]%10[C@H]8CCCC7[C@@](C)([C@H](C)CCCCC[C@H](C)[C@@]2(C)C[C@@]41[C@H]3C6)[C@@H](C)C[C@@H](C)[C@]85C. The fourth-order valence-electron chi connectivity index (χ4n) is 55.4. The van der Waals surface area contributed by atoms with Gasteiger partial charge in [0.15, 0.2) is 0 Å². The van der Waals surface area contributed by atoms with Crippen molar-refractivity contribution in [2.24, 2.45) is 341 Å². The molecule has 2 spiro atoms. The summed E-state index contributed by atoms with van der Waals surface area (Å²) in [7, 11) is 0. The van der Waals surface area contributed by atoms with Crippen LogP contribution in [0.2, 0.25) is 0 Å². The van der Waals surface area contributed by atoms with Gasteiger partial charge >= 0.3 is 0 Å². The van der Waals surface area contributed by atoms with Crippen LogP contribution in [0.4, 0.5) is 0 Å². The van der Waals surface area contributed by atoms with E-state index in [1.165, 1.54) is 276 Å². The van der Waals surface area contributed by atoms with Crippen LogP contribution in [-0.4, -0.2) is 0 Å². The van der Waals surface area contributed by atoms with Gasteiger partial charge in [0.1, 0.15) is 0 Å². The molecule has 20 fully saturated rings. The standard InChI is InChI=1S/C145H252/c1-87-54-50-59-96(10)135(30)95(9)56-43-40-45-58-98(12)137(32)109(23)140(35)121-80-115(137)66-49-48-62-111-74-75-114(135)65-46-41-47-67-116(106(87)20)122-108(22)138(33)126(122)124-123-125-119-69-53-68-118(111)136(31,102(16)79-103(17)139(119,34)141(125,36)128(123)127(124)138)97(11)57-44-39-42-55-94(8)131(26)85-145(121)143(140,38)142(37)107(21)91(5)73-72-89(3)104(18)88(2)70-71-90(4)105(19)112-63-51-60-110-61-52-64-113-82-130(25,101(15)78-100(14)129(24,81-110)99(13)76-92(6)93(7)77-112)132(27)83-117(113)120-84-133(132,28)134(131,29)86-144(120,142)145/h87-128H,39-86H2,1-38H3/t87-,88-,89+,90+,91-,92-,93?,94-,95-,96+,97+,98+,99+,100-,101+,102-,103+,104-,105?,106-,107-,108-,109+,110+,111+,112?,113-,114+,115+,116+,117+,118?,119+,120+,121-,122-,123-,124+,125+,126-,127-,128+,129-,130-,131+,132-,133-,134+,135+,136-,137-,138-,139+,140+,141+,142+,143-,144+,145-/m0/s1. The van der Waals surface area contributed by atoms with Crippen molar-refractivity contribution < 1.29 is 0 Å². The van der Waals surface area contributed by atoms with Crippen LogP contribution in [0.5, 0.6) is 0 Å². The van der Waals surface area contributed by atoms with Crippen LogP contribution in [0.3, 0.4) is 0 Å². The van der Waals surface area contributed by atoms with Crippen molar-refractivity contribution in [3.63, 3.8) is 0 Å². The van der Waals surface area contributed by atoms with E-state index in [1.54, 1.807) is 32.1 Å². The van der Waals surface area contributed by atoms with Gasteiger partial charge < -0.3 is 0 Å². The molecular formula is C145H252. The van der Waals surface area contributed by atoms with Crippen molar-refractivity contribution in [1.29, 1.82) is 0 Å². The topological polar surface area (TPSA) is 0 Å². The lowest BCUT2D eigenvalue weighted by molar-refractivity contribution is -0.577. The summed E-state index contributed by atoms with van der Waals surface area (Å²) in [4.78, 5) is 0. The van der Waals surface area contributed by atoms with Gasteiger partial charge in [-0.15, -0.1) is 0 Å². The minimum absolute atomic E-state index is 0.189. The molecule has 832 valence electrons. The van der Waals surface area contributed by atoms with Crippen LogP contribution in [0.1, 0.15) is 571 Å². The maximum atomic E-state index is 3.31. The summed E-state index contributed by atoms with van der Waals surface area (Å²) >= 11 is 0. The van der Waals surface area contributed by atoms with Gasteiger partial charge in [0, 0.05) is 0 Å². The van der Waals surface area contributed by atoms with E-state index in [-0.39, 0.29) is 48.7 Å². The molecule has 20 saturated carbocycles. The van der Waals surface area contributed by atoms with Crippen LogP contribution in [-0.2, 0) is 0 Å². The molecule has 0 heterocycles. The largest absolute Gasteiger partial charge is 0.0622 e. The molecule has 4 unspecified atom stereocenters. The lowest BCUT2D eigenvalue weighted by atomic mass is 8.99. The predicted octanol–water partition coefficient (Wildman–Crippen LogP) is 43.4. The predicted molar refractivity (Wildman–Crippen MR) is 625 cm³/mol. The smallest absolute Gasteiger partial charge is 0.0128 e. The molecule has 0 aromatic heterocycles. The Labute approximate surface area is 905 Å². The Balaban J connectivity index is 0.735. The van der Waals surface area contributed by atoms with Crippen molar-refractivity contribution in [3.8, 4) is 0 Å².